The van der Waals surface area contributed by atoms with E-state index in [2.05, 4.69) is 39.5 Å². The summed E-state index contributed by atoms with van der Waals surface area (Å²) in [6.07, 6.45) is 2.57. The minimum atomic E-state index is 0.851. The zero-order valence-electron chi connectivity index (χ0n) is 9.82. The fraction of sp³-hybridized carbons (Fsp3) is 0.462. The largest absolute Gasteiger partial charge is 0.352 e. The van der Waals surface area contributed by atoms with E-state index in [-0.39, 0.29) is 0 Å². The first-order valence-corrected chi connectivity index (χ1v) is 5.89. The number of guanidine groups is 1. The van der Waals surface area contributed by atoms with Crippen molar-refractivity contribution in [3.63, 3.8) is 0 Å². The van der Waals surface area contributed by atoms with Crippen molar-refractivity contribution in [3.8, 4) is 0 Å². The van der Waals surface area contributed by atoms with Crippen LogP contribution < -0.4 is 5.32 Å². The van der Waals surface area contributed by atoms with Gasteiger partial charge < -0.3 is 10.2 Å². The highest BCUT2D eigenvalue weighted by Gasteiger charge is 2.14. The van der Waals surface area contributed by atoms with Gasteiger partial charge in [-0.05, 0) is 18.4 Å². The van der Waals surface area contributed by atoms with Crippen LogP contribution >= 0.6 is 0 Å². The highest BCUT2D eigenvalue weighted by atomic mass is 15.3. The van der Waals surface area contributed by atoms with E-state index in [1.165, 1.54) is 18.4 Å². The van der Waals surface area contributed by atoms with Crippen LogP contribution in [-0.2, 0) is 6.54 Å². The molecule has 0 amide bonds. The van der Waals surface area contributed by atoms with Gasteiger partial charge >= 0.3 is 0 Å². The Bertz CT molecular complexity index is 339. The van der Waals surface area contributed by atoms with Gasteiger partial charge in [-0.1, -0.05) is 30.3 Å². The second-order valence-corrected chi connectivity index (χ2v) is 4.08. The quantitative estimate of drug-likeness (QED) is 0.605. The third-order valence-electron chi connectivity index (χ3n) is 2.91. The maximum atomic E-state index is 4.32. The SMILES string of the molecule is CN=C(NCc1ccccc1)N1CCCC1. The molecule has 3 heteroatoms. The Morgan fingerprint density at radius 3 is 2.56 bits per heavy atom. The molecule has 1 heterocycles. The molecule has 3 nitrogen and oxygen atoms in total. The van der Waals surface area contributed by atoms with E-state index in [1.807, 2.05) is 13.1 Å². The number of aliphatic imine (C=N–C) groups is 1. The predicted octanol–water partition coefficient (Wildman–Crippen LogP) is 1.86. The molecule has 1 saturated heterocycles. The summed E-state index contributed by atoms with van der Waals surface area (Å²) >= 11 is 0. The van der Waals surface area contributed by atoms with E-state index >= 15 is 0 Å². The summed E-state index contributed by atoms with van der Waals surface area (Å²) in [6.45, 7) is 3.12. The third-order valence-corrected chi connectivity index (χ3v) is 2.91. The molecule has 1 fully saturated rings. The molecule has 0 aromatic heterocycles. The number of benzene rings is 1. The van der Waals surface area contributed by atoms with Crippen LogP contribution in [0, 0.1) is 0 Å². The lowest BCUT2D eigenvalue weighted by atomic mass is 10.2. The van der Waals surface area contributed by atoms with Crippen LogP contribution in [0.15, 0.2) is 35.3 Å². The lowest BCUT2D eigenvalue weighted by molar-refractivity contribution is 0.493. The van der Waals surface area contributed by atoms with E-state index in [4.69, 9.17) is 0 Å². The normalized spacial score (nSPS) is 16.6. The van der Waals surface area contributed by atoms with Gasteiger partial charge in [0.15, 0.2) is 5.96 Å². The highest BCUT2D eigenvalue weighted by Crippen LogP contribution is 2.07. The molecule has 1 aromatic carbocycles. The van der Waals surface area contributed by atoms with E-state index in [9.17, 15) is 0 Å². The molecule has 86 valence electrons. The van der Waals surface area contributed by atoms with Gasteiger partial charge in [-0.15, -0.1) is 0 Å². The summed E-state index contributed by atoms with van der Waals surface area (Å²) < 4.78 is 0. The topological polar surface area (TPSA) is 27.6 Å². The monoisotopic (exact) mass is 217 g/mol. The molecule has 0 unspecified atom stereocenters. The van der Waals surface area contributed by atoms with Crippen molar-refractivity contribution >= 4 is 5.96 Å². The number of nitrogens with one attached hydrogen (secondary N) is 1. The van der Waals surface area contributed by atoms with Crippen molar-refractivity contribution in [1.82, 2.24) is 10.2 Å². The summed E-state index contributed by atoms with van der Waals surface area (Å²) in [4.78, 5) is 6.64. The maximum absolute atomic E-state index is 4.32. The Hall–Kier alpha value is -1.51. The van der Waals surface area contributed by atoms with Crippen LogP contribution in [0.1, 0.15) is 18.4 Å². The van der Waals surface area contributed by atoms with Crippen LogP contribution in [0.2, 0.25) is 0 Å². The lowest BCUT2D eigenvalue weighted by Gasteiger charge is -2.20. The molecular formula is C13H19N3. The number of nitrogens with zero attached hydrogens (tertiary/aromatic N) is 2. The van der Waals surface area contributed by atoms with Gasteiger partial charge in [-0.2, -0.15) is 0 Å². The Morgan fingerprint density at radius 2 is 1.94 bits per heavy atom. The van der Waals surface area contributed by atoms with Gasteiger partial charge in [-0.25, -0.2) is 0 Å². The van der Waals surface area contributed by atoms with Crippen LogP contribution in [0.25, 0.3) is 0 Å². The van der Waals surface area contributed by atoms with Crippen molar-refractivity contribution in [3.05, 3.63) is 35.9 Å². The summed E-state index contributed by atoms with van der Waals surface area (Å²) in [7, 11) is 1.85. The smallest absolute Gasteiger partial charge is 0.193 e. The molecular weight excluding hydrogens is 198 g/mol. The zero-order valence-corrected chi connectivity index (χ0v) is 9.82. The molecule has 1 aliphatic rings. The first-order valence-electron chi connectivity index (χ1n) is 5.89. The molecule has 2 rings (SSSR count). The molecule has 1 aliphatic heterocycles. The summed E-state index contributed by atoms with van der Waals surface area (Å²) in [5.41, 5.74) is 1.29. The predicted molar refractivity (Wildman–Crippen MR) is 67.4 cm³/mol. The Morgan fingerprint density at radius 1 is 1.25 bits per heavy atom. The first kappa shape index (κ1) is 11.0. The molecule has 0 atom stereocenters. The Balaban J connectivity index is 1.88. The van der Waals surface area contributed by atoms with Crippen LogP contribution in [-0.4, -0.2) is 31.0 Å². The van der Waals surface area contributed by atoms with Gasteiger partial charge in [0.25, 0.3) is 0 Å². The van der Waals surface area contributed by atoms with Gasteiger partial charge in [-0.3, -0.25) is 4.99 Å². The minimum absolute atomic E-state index is 0.851. The van der Waals surface area contributed by atoms with E-state index in [0.29, 0.717) is 0 Å². The Labute approximate surface area is 97.2 Å². The lowest BCUT2D eigenvalue weighted by Crippen LogP contribution is -2.39. The molecule has 1 aromatic rings. The highest BCUT2D eigenvalue weighted by molar-refractivity contribution is 5.80. The van der Waals surface area contributed by atoms with Gasteiger partial charge in [0.1, 0.15) is 0 Å². The van der Waals surface area contributed by atoms with Gasteiger partial charge in [0.2, 0.25) is 0 Å². The first-order chi connectivity index (χ1) is 7.90. The fourth-order valence-electron chi connectivity index (χ4n) is 2.04. The van der Waals surface area contributed by atoms with Crippen molar-refractivity contribution in [2.75, 3.05) is 20.1 Å². The second kappa shape index (κ2) is 5.54. The molecule has 0 spiro atoms. The molecule has 0 saturated carbocycles. The number of likely N-dealkylation sites (tertiary alicyclic amines) is 1. The Kier molecular flexibility index (Phi) is 3.81. The van der Waals surface area contributed by atoms with Crippen LogP contribution in [0.4, 0.5) is 0 Å². The molecule has 0 bridgehead atoms. The molecule has 0 radical (unpaired) electrons. The fourth-order valence-corrected chi connectivity index (χ4v) is 2.04. The van der Waals surface area contributed by atoms with E-state index < -0.39 is 0 Å². The third kappa shape index (κ3) is 2.75. The summed E-state index contributed by atoms with van der Waals surface area (Å²) in [6, 6.07) is 10.4. The van der Waals surface area contributed by atoms with Crippen LogP contribution in [0.5, 0.6) is 0 Å². The summed E-state index contributed by atoms with van der Waals surface area (Å²) in [5, 5.41) is 3.40. The average Bonchev–Trinajstić information content (AvgIpc) is 2.85. The summed E-state index contributed by atoms with van der Waals surface area (Å²) in [5.74, 6) is 1.03. The average molecular weight is 217 g/mol. The van der Waals surface area contributed by atoms with Crippen LogP contribution in [0.3, 0.4) is 0 Å². The molecule has 1 N–H and O–H groups in total. The van der Waals surface area contributed by atoms with E-state index in [1.54, 1.807) is 0 Å². The second-order valence-electron chi connectivity index (χ2n) is 4.08. The molecule has 16 heavy (non-hydrogen) atoms. The van der Waals surface area contributed by atoms with Gasteiger partial charge in [0.05, 0.1) is 0 Å². The minimum Gasteiger partial charge on any atom is -0.352 e. The maximum Gasteiger partial charge on any atom is 0.193 e. The van der Waals surface area contributed by atoms with Crippen molar-refractivity contribution in [2.24, 2.45) is 4.99 Å². The number of rotatable bonds is 2. The van der Waals surface area contributed by atoms with Gasteiger partial charge in [0, 0.05) is 26.7 Å². The zero-order chi connectivity index (χ0) is 11.2. The number of hydrogen-bond donors (Lipinski definition) is 1. The standard InChI is InChI=1S/C13H19N3/c1-14-13(16-9-5-6-10-16)15-11-12-7-3-2-4-8-12/h2-4,7-8H,5-6,9-11H2,1H3,(H,14,15). The number of hydrogen-bond acceptors (Lipinski definition) is 1. The molecule has 0 aliphatic carbocycles. The van der Waals surface area contributed by atoms with Crippen molar-refractivity contribution in [1.29, 1.82) is 0 Å². The van der Waals surface area contributed by atoms with Crippen molar-refractivity contribution in [2.45, 2.75) is 19.4 Å². The van der Waals surface area contributed by atoms with E-state index in [0.717, 1.165) is 25.6 Å². The van der Waals surface area contributed by atoms with Crippen molar-refractivity contribution < 1.29 is 0 Å².